The molecular weight excluding hydrogens is 442 g/mol. The number of nitrogens with one attached hydrogen (secondary N) is 3. The van der Waals surface area contributed by atoms with Crippen molar-refractivity contribution in [1.82, 2.24) is 19.5 Å². The second kappa shape index (κ2) is 7.06. The summed E-state index contributed by atoms with van der Waals surface area (Å²) in [6, 6.07) is 10.2. The molecule has 0 unspecified atom stereocenters. The van der Waals surface area contributed by atoms with Crippen LogP contribution in [0.25, 0.3) is 16.7 Å². The van der Waals surface area contributed by atoms with Crippen molar-refractivity contribution < 1.29 is 5.11 Å². The predicted molar refractivity (Wildman–Crippen MR) is 113 cm³/mol. The van der Waals surface area contributed by atoms with E-state index in [4.69, 9.17) is 0 Å². The van der Waals surface area contributed by atoms with E-state index >= 15 is 0 Å². The molecule has 2 aromatic heterocycles. The zero-order valence-electron chi connectivity index (χ0n) is 15.0. The number of rotatable bonds is 3. The fourth-order valence-electron chi connectivity index (χ4n) is 2.97. The van der Waals surface area contributed by atoms with Crippen LogP contribution in [0.2, 0.25) is 0 Å². The Hall–Kier alpha value is -3.66. The van der Waals surface area contributed by atoms with Gasteiger partial charge in [-0.2, -0.15) is 0 Å². The summed E-state index contributed by atoms with van der Waals surface area (Å²) in [6.07, 6.45) is 1.17. The Morgan fingerprint density at radius 3 is 2.48 bits per heavy atom. The van der Waals surface area contributed by atoms with Gasteiger partial charge in [-0.3, -0.25) is 14.8 Å². The quantitative estimate of drug-likeness (QED) is 0.352. The van der Waals surface area contributed by atoms with Gasteiger partial charge in [-0.05, 0) is 46.6 Å². The first-order valence-corrected chi connectivity index (χ1v) is 9.24. The van der Waals surface area contributed by atoms with Gasteiger partial charge in [-0.25, -0.2) is 14.2 Å². The molecule has 29 heavy (non-hydrogen) atoms. The maximum absolute atomic E-state index is 12.3. The van der Waals surface area contributed by atoms with Crippen molar-refractivity contribution in [3.63, 3.8) is 0 Å². The molecule has 0 saturated carbocycles. The van der Waals surface area contributed by atoms with E-state index in [2.05, 4.69) is 35.9 Å². The van der Waals surface area contributed by atoms with Gasteiger partial charge in [0, 0.05) is 10.7 Å². The van der Waals surface area contributed by atoms with Crippen molar-refractivity contribution in [2.75, 3.05) is 0 Å². The largest absolute Gasteiger partial charge is 0.493 e. The Morgan fingerprint density at radius 2 is 1.76 bits per heavy atom. The molecule has 0 bridgehead atoms. The fraction of sp³-hybridized carbons (Fsp3) is 0.0526. The molecule has 4 rings (SSSR count). The SMILES string of the molecule is Cc1ccccc1-n1c(O)c(C=Nc2cc3[nH]c(=O)[nH]c3cc2Br)c(=O)[nH]c1=O. The smallest absolute Gasteiger partial charge is 0.335 e. The molecule has 0 amide bonds. The second-order valence-electron chi connectivity index (χ2n) is 6.30. The van der Waals surface area contributed by atoms with Crippen LogP contribution in [-0.4, -0.2) is 30.8 Å². The van der Waals surface area contributed by atoms with Crippen LogP contribution in [0.1, 0.15) is 11.1 Å². The Balaban J connectivity index is 1.86. The van der Waals surface area contributed by atoms with Crippen LogP contribution in [0.5, 0.6) is 5.88 Å². The summed E-state index contributed by atoms with van der Waals surface area (Å²) in [5.74, 6) is -0.524. The molecule has 0 fully saturated rings. The molecule has 9 nitrogen and oxygen atoms in total. The summed E-state index contributed by atoms with van der Waals surface area (Å²) in [5.41, 5.74) is 0.663. The van der Waals surface area contributed by atoms with Crippen molar-refractivity contribution in [2.24, 2.45) is 4.99 Å². The molecule has 0 aliphatic rings. The first-order chi connectivity index (χ1) is 13.8. The molecule has 4 aromatic rings. The first-order valence-electron chi connectivity index (χ1n) is 8.45. The van der Waals surface area contributed by atoms with Crippen LogP contribution >= 0.6 is 15.9 Å². The van der Waals surface area contributed by atoms with E-state index in [1.807, 2.05) is 0 Å². The molecule has 2 aromatic carbocycles. The number of hydrogen-bond donors (Lipinski definition) is 4. The van der Waals surface area contributed by atoms with E-state index in [1.54, 1.807) is 43.3 Å². The van der Waals surface area contributed by atoms with Gasteiger partial charge in [0.1, 0.15) is 5.56 Å². The van der Waals surface area contributed by atoms with Crippen molar-refractivity contribution in [3.05, 3.63) is 83.3 Å². The third-order valence-electron chi connectivity index (χ3n) is 4.39. The number of aliphatic imine (C=N–C) groups is 1. The molecule has 146 valence electrons. The first kappa shape index (κ1) is 18.7. The molecule has 2 heterocycles. The number of aromatic amines is 3. The van der Waals surface area contributed by atoms with Crippen LogP contribution in [0.3, 0.4) is 0 Å². The lowest BCUT2D eigenvalue weighted by molar-refractivity contribution is 0.430. The molecule has 0 saturated heterocycles. The van der Waals surface area contributed by atoms with Gasteiger partial charge >= 0.3 is 11.4 Å². The molecule has 0 spiro atoms. The summed E-state index contributed by atoms with van der Waals surface area (Å²) in [6.45, 7) is 1.78. The molecule has 0 aliphatic carbocycles. The van der Waals surface area contributed by atoms with Gasteiger partial charge in [0.15, 0.2) is 0 Å². The van der Waals surface area contributed by atoms with Crippen molar-refractivity contribution in [1.29, 1.82) is 0 Å². The number of aryl methyl sites for hydroxylation is 1. The zero-order valence-corrected chi connectivity index (χ0v) is 16.6. The lowest BCUT2D eigenvalue weighted by Gasteiger charge is -2.11. The maximum Gasteiger partial charge on any atom is 0.335 e. The number of aromatic hydroxyl groups is 1. The van der Waals surface area contributed by atoms with Crippen LogP contribution in [0.15, 0.2) is 60.2 Å². The average molecular weight is 456 g/mol. The Morgan fingerprint density at radius 1 is 1.07 bits per heavy atom. The topological polar surface area (TPSA) is 136 Å². The van der Waals surface area contributed by atoms with E-state index in [9.17, 15) is 19.5 Å². The van der Waals surface area contributed by atoms with E-state index in [0.717, 1.165) is 10.1 Å². The van der Waals surface area contributed by atoms with Crippen LogP contribution < -0.4 is 16.9 Å². The molecule has 10 heteroatoms. The van der Waals surface area contributed by atoms with E-state index in [1.165, 1.54) is 6.21 Å². The predicted octanol–water partition coefficient (Wildman–Crippen LogP) is 2.22. The number of para-hydroxylation sites is 1. The van der Waals surface area contributed by atoms with Gasteiger partial charge in [-0.15, -0.1) is 0 Å². The Bertz CT molecular complexity index is 1460. The number of imidazole rings is 1. The van der Waals surface area contributed by atoms with Gasteiger partial charge in [0.25, 0.3) is 5.56 Å². The lowest BCUT2D eigenvalue weighted by Crippen LogP contribution is -2.31. The fourth-order valence-corrected chi connectivity index (χ4v) is 3.42. The van der Waals surface area contributed by atoms with Crippen molar-refractivity contribution in [2.45, 2.75) is 6.92 Å². The van der Waals surface area contributed by atoms with Crippen LogP contribution in [0, 0.1) is 6.92 Å². The third-order valence-corrected chi connectivity index (χ3v) is 5.03. The number of hydrogen-bond acceptors (Lipinski definition) is 5. The average Bonchev–Trinajstić information content (AvgIpc) is 3.01. The third kappa shape index (κ3) is 3.34. The van der Waals surface area contributed by atoms with Gasteiger partial charge in [0.2, 0.25) is 5.88 Å². The molecule has 4 N–H and O–H groups in total. The summed E-state index contributed by atoms with van der Waals surface area (Å²) >= 11 is 3.36. The minimum Gasteiger partial charge on any atom is -0.493 e. The van der Waals surface area contributed by atoms with Crippen LogP contribution in [0.4, 0.5) is 5.69 Å². The lowest BCUT2D eigenvalue weighted by atomic mass is 10.2. The number of aromatic nitrogens is 4. The summed E-state index contributed by atoms with van der Waals surface area (Å²) in [4.78, 5) is 47.7. The van der Waals surface area contributed by atoms with Crippen molar-refractivity contribution in [3.8, 4) is 11.6 Å². The summed E-state index contributed by atoms with van der Waals surface area (Å²) in [5, 5.41) is 10.6. The number of halogens is 1. The van der Waals surface area contributed by atoms with E-state index in [-0.39, 0.29) is 11.3 Å². The monoisotopic (exact) mass is 455 g/mol. The van der Waals surface area contributed by atoms with Crippen LogP contribution in [-0.2, 0) is 0 Å². The summed E-state index contributed by atoms with van der Waals surface area (Å²) in [7, 11) is 0. The Kier molecular flexibility index (Phi) is 4.55. The van der Waals surface area contributed by atoms with Crippen molar-refractivity contribution >= 4 is 38.9 Å². The standard InChI is InChI=1S/C19H14BrN5O4/c1-9-4-2-3-5-15(9)25-17(27)10(16(26)24-19(25)29)8-21-12-7-14-13(6-11(12)20)22-18(28)23-14/h2-8,27H,1H3,(H2,22,23,28)(H,24,26,29). The second-order valence-corrected chi connectivity index (χ2v) is 7.16. The summed E-state index contributed by atoms with van der Waals surface area (Å²) < 4.78 is 1.58. The number of benzene rings is 2. The highest BCUT2D eigenvalue weighted by Crippen LogP contribution is 2.29. The van der Waals surface area contributed by atoms with Gasteiger partial charge in [0.05, 0.1) is 22.4 Å². The number of H-pyrrole nitrogens is 3. The van der Waals surface area contributed by atoms with Gasteiger partial charge < -0.3 is 15.1 Å². The highest BCUT2D eigenvalue weighted by atomic mass is 79.9. The molecule has 0 aliphatic heterocycles. The maximum atomic E-state index is 12.3. The molecule has 0 atom stereocenters. The zero-order chi connectivity index (χ0) is 20.7. The molecular formula is C19H14BrN5O4. The minimum absolute atomic E-state index is 0.178. The highest BCUT2D eigenvalue weighted by Gasteiger charge is 2.15. The van der Waals surface area contributed by atoms with E-state index < -0.39 is 17.1 Å². The molecule has 0 radical (unpaired) electrons. The van der Waals surface area contributed by atoms with E-state index in [0.29, 0.717) is 26.9 Å². The number of fused-ring (bicyclic) bond motifs is 1. The highest BCUT2D eigenvalue weighted by molar-refractivity contribution is 9.10. The number of nitrogens with zero attached hydrogens (tertiary/aromatic N) is 2. The minimum atomic E-state index is -0.770. The Labute approximate surface area is 170 Å². The van der Waals surface area contributed by atoms with Gasteiger partial charge in [-0.1, -0.05) is 18.2 Å². The normalized spacial score (nSPS) is 11.5.